The molecule has 5 rings (SSSR count). The van der Waals surface area contributed by atoms with Gasteiger partial charge < -0.3 is 14.5 Å². The van der Waals surface area contributed by atoms with Crippen LogP contribution in [0.25, 0.3) is 27.3 Å². The maximum Gasteiger partial charge on any atom is 0.248 e. The van der Waals surface area contributed by atoms with Crippen molar-refractivity contribution in [2.75, 3.05) is 11.9 Å². The Kier molecular flexibility index (Phi) is 5.67. The minimum Gasteiger partial charge on any atom is -0.493 e. The molecular weight excluding hydrogens is 410 g/mol. The first-order valence-electron chi connectivity index (χ1n) is 11.7. The van der Waals surface area contributed by atoms with E-state index < -0.39 is 0 Å². The topological polar surface area (TPSA) is 51.5 Å². The lowest BCUT2D eigenvalue weighted by Gasteiger charge is -2.15. The number of benzene rings is 3. The van der Waals surface area contributed by atoms with Crippen molar-refractivity contribution in [2.24, 2.45) is 0 Å². The highest BCUT2D eigenvalue weighted by atomic mass is 16.5. The fourth-order valence-electron chi connectivity index (χ4n) is 4.94. The van der Waals surface area contributed by atoms with Crippen LogP contribution in [0.1, 0.15) is 49.1 Å². The average molecular weight is 440 g/mol. The summed E-state index contributed by atoms with van der Waals surface area (Å²) < 4.78 is 12.3. The summed E-state index contributed by atoms with van der Waals surface area (Å²) in [5, 5.41) is 6.34. The van der Waals surface area contributed by atoms with Crippen molar-refractivity contribution in [1.82, 2.24) is 0 Å². The van der Waals surface area contributed by atoms with Crippen LogP contribution in [0.3, 0.4) is 0 Å². The van der Waals surface area contributed by atoms with Gasteiger partial charge in [0.15, 0.2) is 0 Å². The zero-order chi connectivity index (χ0) is 22.9. The van der Waals surface area contributed by atoms with E-state index in [4.69, 9.17) is 9.15 Å². The zero-order valence-corrected chi connectivity index (χ0v) is 19.5. The van der Waals surface area contributed by atoms with Gasteiger partial charge in [0.2, 0.25) is 5.91 Å². The number of allylic oxidation sites excluding steroid dienone is 1. The number of aryl methyl sites for hydroxylation is 3. The summed E-state index contributed by atoms with van der Waals surface area (Å²) in [5.74, 6) is 1.75. The molecule has 0 bridgehead atoms. The molecule has 0 saturated heterocycles. The van der Waals surface area contributed by atoms with E-state index in [1.807, 2.05) is 56.3 Å². The van der Waals surface area contributed by atoms with Gasteiger partial charge in [-0.05, 0) is 63.1 Å². The summed E-state index contributed by atoms with van der Waals surface area (Å²) in [6.45, 7) is 6.55. The molecule has 0 atom stereocenters. The maximum absolute atomic E-state index is 13.0. The molecule has 0 spiro atoms. The van der Waals surface area contributed by atoms with Gasteiger partial charge in [0, 0.05) is 45.6 Å². The van der Waals surface area contributed by atoms with E-state index in [0.717, 1.165) is 68.5 Å². The third kappa shape index (κ3) is 3.91. The summed E-state index contributed by atoms with van der Waals surface area (Å²) in [7, 11) is 0. The third-order valence-corrected chi connectivity index (χ3v) is 6.54. The Morgan fingerprint density at radius 3 is 2.73 bits per heavy atom. The number of fused-ring (bicyclic) bond motifs is 4. The van der Waals surface area contributed by atoms with E-state index in [0.29, 0.717) is 6.61 Å². The van der Waals surface area contributed by atoms with Crippen LogP contribution in [0.5, 0.6) is 5.75 Å². The van der Waals surface area contributed by atoms with Crippen molar-refractivity contribution >= 4 is 38.9 Å². The largest absolute Gasteiger partial charge is 0.493 e. The quantitative estimate of drug-likeness (QED) is 0.334. The van der Waals surface area contributed by atoms with Gasteiger partial charge in [0.25, 0.3) is 0 Å². The fourth-order valence-corrected chi connectivity index (χ4v) is 4.94. The van der Waals surface area contributed by atoms with Crippen LogP contribution in [0.15, 0.2) is 59.0 Å². The van der Waals surface area contributed by atoms with Gasteiger partial charge in [-0.15, -0.1) is 0 Å². The Balaban J connectivity index is 1.54. The molecule has 0 fully saturated rings. The first-order chi connectivity index (χ1) is 16.1. The molecule has 4 heteroatoms. The highest BCUT2D eigenvalue weighted by molar-refractivity contribution is 6.09. The van der Waals surface area contributed by atoms with Gasteiger partial charge in [0.05, 0.1) is 6.61 Å². The standard InChI is InChI=1S/C29H29NO3/c1-4-32-28-19(3)29-24(22-13-7-8-15-26(22)33-29)17-23(28)18(2)16-27(31)30-25-14-9-11-20-10-5-6-12-21(20)25/h5-6,9-12,14,16-17H,4,7-8,13,15H2,1-3H3,(H,30,31)/b18-16+. The number of hydrogen-bond donors (Lipinski definition) is 1. The molecule has 1 heterocycles. The van der Waals surface area contributed by atoms with E-state index in [2.05, 4.69) is 18.3 Å². The van der Waals surface area contributed by atoms with Crippen LogP contribution in [0, 0.1) is 6.92 Å². The second-order valence-corrected chi connectivity index (χ2v) is 8.74. The molecule has 168 valence electrons. The van der Waals surface area contributed by atoms with Crippen molar-refractivity contribution in [2.45, 2.75) is 46.5 Å². The highest BCUT2D eigenvalue weighted by Gasteiger charge is 2.23. The third-order valence-electron chi connectivity index (χ3n) is 6.54. The van der Waals surface area contributed by atoms with Crippen molar-refractivity contribution in [3.05, 3.63) is 77.1 Å². The first kappa shape index (κ1) is 21.3. The molecule has 1 aliphatic rings. The van der Waals surface area contributed by atoms with Gasteiger partial charge in [-0.1, -0.05) is 36.4 Å². The van der Waals surface area contributed by atoms with Crippen LogP contribution < -0.4 is 10.1 Å². The number of carbonyl (C=O) groups is 1. The number of hydrogen-bond acceptors (Lipinski definition) is 3. The molecule has 4 aromatic rings. The van der Waals surface area contributed by atoms with E-state index in [-0.39, 0.29) is 5.91 Å². The number of amides is 1. The monoisotopic (exact) mass is 439 g/mol. The molecule has 0 unspecified atom stereocenters. The SMILES string of the molecule is CCOc1c(/C(C)=C/C(=O)Nc2cccc3ccccc23)cc2c3c(oc2c1C)CCCC3. The number of ether oxygens (including phenoxy) is 1. The summed E-state index contributed by atoms with van der Waals surface area (Å²) >= 11 is 0. The van der Waals surface area contributed by atoms with E-state index in [1.165, 1.54) is 18.4 Å². The summed E-state index contributed by atoms with van der Waals surface area (Å²) in [6.07, 6.45) is 6.05. The molecule has 1 aliphatic carbocycles. The Morgan fingerprint density at radius 1 is 1.09 bits per heavy atom. The fraction of sp³-hybridized carbons (Fsp3) is 0.276. The van der Waals surface area contributed by atoms with Crippen molar-refractivity contribution in [3.8, 4) is 5.75 Å². The highest BCUT2D eigenvalue weighted by Crippen LogP contribution is 2.41. The van der Waals surface area contributed by atoms with Gasteiger partial charge in [0.1, 0.15) is 17.1 Å². The molecule has 33 heavy (non-hydrogen) atoms. The lowest BCUT2D eigenvalue weighted by atomic mass is 9.93. The lowest BCUT2D eigenvalue weighted by Crippen LogP contribution is -2.09. The molecule has 3 aromatic carbocycles. The minimum absolute atomic E-state index is 0.154. The molecule has 1 amide bonds. The normalized spacial score (nSPS) is 13.8. The van der Waals surface area contributed by atoms with E-state index >= 15 is 0 Å². The Hall–Kier alpha value is -3.53. The van der Waals surface area contributed by atoms with Crippen LogP contribution in [-0.2, 0) is 17.6 Å². The van der Waals surface area contributed by atoms with Gasteiger partial charge in [-0.25, -0.2) is 0 Å². The number of rotatable bonds is 5. The molecule has 0 aliphatic heterocycles. The molecule has 1 aromatic heterocycles. The molecule has 0 radical (unpaired) electrons. The Labute approximate surface area is 194 Å². The summed E-state index contributed by atoms with van der Waals surface area (Å²) in [4.78, 5) is 13.0. The van der Waals surface area contributed by atoms with Crippen LogP contribution in [0.2, 0.25) is 0 Å². The second kappa shape index (κ2) is 8.78. The average Bonchev–Trinajstić information content (AvgIpc) is 3.20. The maximum atomic E-state index is 13.0. The minimum atomic E-state index is -0.154. The summed E-state index contributed by atoms with van der Waals surface area (Å²) in [6, 6.07) is 16.1. The van der Waals surface area contributed by atoms with Gasteiger partial charge >= 0.3 is 0 Å². The smallest absolute Gasteiger partial charge is 0.248 e. The van der Waals surface area contributed by atoms with Crippen LogP contribution >= 0.6 is 0 Å². The van der Waals surface area contributed by atoms with E-state index in [1.54, 1.807) is 6.08 Å². The molecular formula is C29H29NO3. The van der Waals surface area contributed by atoms with Crippen LogP contribution in [0.4, 0.5) is 5.69 Å². The molecule has 0 saturated carbocycles. The van der Waals surface area contributed by atoms with Gasteiger partial charge in [-0.2, -0.15) is 0 Å². The predicted molar refractivity (Wildman–Crippen MR) is 135 cm³/mol. The molecule has 4 nitrogen and oxygen atoms in total. The predicted octanol–water partition coefficient (Wildman–Crippen LogP) is 7.21. The number of carbonyl (C=O) groups excluding carboxylic acids is 1. The van der Waals surface area contributed by atoms with Crippen LogP contribution in [-0.4, -0.2) is 12.5 Å². The zero-order valence-electron chi connectivity index (χ0n) is 19.5. The van der Waals surface area contributed by atoms with E-state index in [9.17, 15) is 4.79 Å². The van der Waals surface area contributed by atoms with Crippen molar-refractivity contribution in [3.63, 3.8) is 0 Å². The number of anilines is 1. The first-order valence-corrected chi connectivity index (χ1v) is 11.7. The summed E-state index contributed by atoms with van der Waals surface area (Å²) in [5.41, 5.74) is 5.86. The Bertz CT molecular complexity index is 1390. The number of nitrogens with one attached hydrogen (secondary N) is 1. The van der Waals surface area contributed by atoms with Gasteiger partial charge in [-0.3, -0.25) is 4.79 Å². The lowest BCUT2D eigenvalue weighted by molar-refractivity contribution is -0.111. The second-order valence-electron chi connectivity index (χ2n) is 8.74. The van der Waals surface area contributed by atoms with Crippen molar-refractivity contribution < 1.29 is 13.9 Å². The van der Waals surface area contributed by atoms with Crippen molar-refractivity contribution in [1.29, 1.82) is 0 Å². The number of furan rings is 1. The Morgan fingerprint density at radius 2 is 1.88 bits per heavy atom. The molecule has 1 N–H and O–H groups in total.